The lowest BCUT2D eigenvalue weighted by molar-refractivity contribution is 0.502. The lowest BCUT2D eigenvalue weighted by atomic mass is 10.4. The molecule has 1 heterocycles. The van der Waals surface area contributed by atoms with Gasteiger partial charge in [0, 0.05) is 12.3 Å². The van der Waals surface area contributed by atoms with Crippen LogP contribution in [0, 0.1) is 11.6 Å². The molecule has 1 N–H and O–H groups in total. The average molecular weight is 131 g/mol. The Labute approximate surface area is 49.1 Å². The number of rotatable bonds is 0. The van der Waals surface area contributed by atoms with E-state index in [0.717, 1.165) is 0 Å². The molecule has 0 saturated carbocycles. The Bertz CT molecular complexity index is 268. The van der Waals surface area contributed by atoms with Gasteiger partial charge < -0.3 is 4.98 Å². The number of H-pyrrole nitrogens is 1. The van der Waals surface area contributed by atoms with Gasteiger partial charge >= 0.3 is 0 Å². The largest absolute Gasteiger partial charge is 0.326 e. The van der Waals surface area contributed by atoms with E-state index in [2.05, 4.69) is 0 Å². The van der Waals surface area contributed by atoms with Crippen LogP contribution in [-0.2, 0) is 0 Å². The minimum Gasteiger partial charge on any atom is -0.326 e. The van der Waals surface area contributed by atoms with Crippen LogP contribution >= 0.6 is 0 Å². The Kier molecular flexibility index (Phi) is 1.30. The molecule has 4 heteroatoms. The molecule has 0 aliphatic heterocycles. The maximum Gasteiger partial charge on any atom is 0.251 e. The lowest BCUT2D eigenvalue weighted by Crippen LogP contribution is -2.05. The lowest BCUT2D eigenvalue weighted by Gasteiger charge is -1.86. The summed E-state index contributed by atoms with van der Waals surface area (Å²) in [6, 6.07) is 0.551. The molecule has 0 amide bonds. The van der Waals surface area contributed by atoms with E-state index in [9.17, 15) is 13.6 Å². The third-order valence-corrected chi connectivity index (χ3v) is 0.827. The van der Waals surface area contributed by atoms with Crippen molar-refractivity contribution in [3.63, 3.8) is 0 Å². The zero-order valence-electron chi connectivity index (χ0n) is 4.32. The summed E-state index contributed by atoms with van der Waals surface area (Å²) < 4.78 is 23.9. The first kappa shape index (κ1) is 5.94. The van der Waals surface area contributed by atoms with Crippen molar-refractivity contribution in [2.24, 2.45) is 0 Å². The number of hydrogen-bond donors (Lipinski definition) is 1. The second-order valence-electron chi connectivity index (χ2n) is 1.49. The van der Waals surface area contributed by atoms with Crippen LogP contribution in [0.1, 0.15) is 0 Å². The maximum absolute atomic E-state index is 12.0. The van der Waals surface area contributed by atoms with Crippen LogP contribution in [0.4, 0.5) is 8.78 Å². The van der Waals surface area contributed by atoms with Crippen LogP contribution in [0.15, 0.2) is 17.1 Å². The van der Waals surface area contributed by atoms with E-state index >= 15 is 0 Å². The van der Waals surface area contributed by atoms with Gasteiger partial charge in [0.1, 0.15) is 0 Å². The highest BCUT2D eigenvalue weighted by Crippen LogP contribution is 1.96. The third-order valence-electron chi connectivity index (χ3n) is 0.827. The Morgan fingerprint density at radius 3 is 2.44 bits per heavy atom. The first-order valence-corrected chi connectivity index (χ1v) is 2.24. The molecule has 1 aromatic heterocycles. The maximum atomic E-state index is 12.0. The van der Waals surface area contributed by atoms with Gasteiger partial charge in [-0.3, -0.25) is 4.79 Å². The van der Waals surface area contributed by atoms with E-state index in [0.29, 0.717) is 12.3 Å². The molecule has 1 aromatic rings. The van der Waals surface area contributed by atoms with E-state index in [1.54, 1.807) is 0 Å². The molecule has 0 atom stereocenters. The third kappa shape index (κ3) is 1.13. The second kappa shape index (κ2) is 1.97. The predicted octanol–water partition coefficient (Wildman–Crippen LogP) is 0.653. The van der Waals surface area contributed by atoms with Crippen molar-refractivity contribution in [3.05, 3.63) is 34.3 Å². The molecule has 0 saturated heterocycles. The van der Waals surface area contributed by atoms with Crippen molar-refractivity contribution in [1.29, 1.82) is 0 Å². The summed E-state index contributed by atoms with van der Waals surface area (Å²) in [5, 5.41) is 0. The molecular formula is C5H3F2NO. The Morgan fingerprint density at radius 2 is 2.00 bits per heavy atom. The van der Waals surface area contributed by atoms with Crippen molar-refractivity contribution in [3.8, 4) is 0 Å². The molecule has 48 valence electrons. The van der Waals surface area contributed by atoms with Crippen LogP contribution < -0.4 is 5.56 Å². The Balaban J connectivity index is 3.34. The van der Waals surface area contributed by atoms with Gasteiger partial charge in [-0.05, 0) is 0 Å². The van der Waals surface area contributed by atoms with E-state index in [-0.39, 0.29) is 0 Å². The molecule has 0 aliphatic rings. The monoisotopic (exact) mass is 131 g/mol. The fraction of sp³-hybridized carbons (Fsp3) is 0. The molecule has 0 aliphatic carbocycles. The molecule has 0 unspecified atom stereocenters. The normalized spacial score (nSPS) is 9.56. The van der Waals surface area contributed by atoms with E-state index in [1.807, 2.05) is 4.98 Å². The Hall–Kier alpha value is -1.19. The van der Waals surface area contributed by atoms with Crippen molar-refractivity contribution >= 4 is 0 Å². The molecule has 0 bridgehead atoms. The van der Waals surface area contributed by atoms with Gasteiger partial charge in [0.25, 0.3) is 5.56 Å². The second-order valence-corrected chi connectivity index (χ2v) is 1.49. The Morgan fingerprint density at radius 1 is 1.33 bits per heavy atom. The van der Waals surface area contributed by atoms with Crippen LogP contribution in [0.2, 0.25) is 0 Å². The van der Waals surface area contributed by atoms with Gasteiger partial charge in [-0.2, -0.15) is 0 Å². The summed E-state index contributed by atoms with van der Waals surface area (Å²) in [4.78, 5) is 12.2. The zero-order valence-corrected chi connectivity index (χ0v) is 4.32. The number of halogens is 2. The molecule has 0 spiro atoms. The highest BCUT2D eigenvalue weighted by molar-refractivity contribution is 4.97. The van der Waals surface area contributed by atoms with E-state index in [4.69, 9.17) is 0 Å². The van der Waals surface area contributed by atoms with Gasteiger partial charge in [0.05, 0.1) is 0 Å². The van der Waals surface area contributed by atoms with E-state index in [1.165, 1.54) is 0 Å². The van der Waals surface area contributed by atoms with Gasteiger partial charge in [0.2, 0.25) is 0 Å². The summed E-state index contributed by atoms with van der Waals surface area (Å²) in [6.45, 7) is 0. The van der Waals surface area contributed by atoms with E-state index < -0.39 is 17.2 Å². The number of aromatic nitrogens is 1. The summed E-state index contributed by atoms with van der Waals surface area (Å²) in [5.74, 6) is -2.17. The smallest absolute Gasteiger partial charge is 0.251 e. The summed E-state index contributed by atoms with van der Waals surface area (Å²) >= 11 is 0. The van der Waals surface area contributed by atoms with Crippen LogP contribution in [0.3, 0.4) is 0 Å². The first-order valence-electron chi connectivity index (χ1n) is 2.24. The molecule has 0 aromatic carbocycles. The zero-order chi connectivity index (χ0) is 6.85. The van der Waals surface area contributed by atoms with Gasteiger partial charge in [-0.1, -0.05) is 0 Å². The number of aromatic amines is 1. The van der Waals surface area contributed by atoms with Crippen molar-refractivity contribution in [1.82, 2.24) is 4.98 Å². The minimum atomic E-state index is -1.13. The molecular weight excluding hydrogens is 128 g/mol. The molecule has 0 fully saturated rings. The van der Waals surface area contributed by atoms with Gasteiger partial charge in [-0.25, -0.2) is 8.78 Å². The van der Waals surface area contributed by atoms with Gasteiger partial charge in [-0.15, -0.1) is 0 Å². The van der Waals surface area contributed by atoms with Crippen molar-refractivity contribution < 1.29 is 8.78 Å². The summed E-state index contributed by atoms with van der Waals surface area (Å²) in [6.07, 6.45) is 0.678. The van der Waals surface area contributed by atoms with Gasteiger partial charge in [0.15, 0.2) is 11.6 Å². The first-order chi connectivity index (χ1) is 4.20. The van der Waals surface area contributed by atoms with Crippen molar-refractivity contribution in [2.45, 2.75) is 0 Å². The fourth-order valence-corrected chi connectivity index (χ4v) is 0.429. The highest BCUT2D eigenvalue weighted by atomic mass is 19.2. The molecule has 9 heavy (non-hydrogen) atoms. The van der Waals surface area contributed by atoms with Crippen molar-refractivity contribution in [2.75, 3.05) is 0 Å². The number of nitrogens with one attached hydrogen (secondary N) is 1. The minimum absolute atomic E-state index is 0.551. The summed E-state index contributed by atoms with van der Waals surface area (Å²) in [5.41, 5.74) is -0.645. The molecule has 0 radical (unpaired) electrons. The predicted molar refractivity (Wildman–Crippen MR) is 27.0 cm³/mol. The van der Waals surface area contributed by atoms with Crippen LogP contribution in [0.25, 0.3) is 0 Å². The molecule has 2 nitrogen and oxygen atoms in total. The standard InChI is InChI=1S/C5H3F2NO/c6-3-1-5(9)8-2-4(3)7/h1-2H,(H,8,9). The SMILES string of the molecule is O=c1cc(F)c(F)c[nH]1. The van der Waals surface area contributed by atoms with Crippen LogP contribution in [-0.4, -0.2) is 4.98 Å². The molecule has 1 rings (SSSR count). The average Bonchev–Trinajstić information content (AvgIpc) is 1.80. The number of hydrogen-bond acceptors (Lipinski definition) is 1. The summed E-state index contributed by atoms with van der Waals surface area (Å²) in [7, 11) is 0. The highest BCUT2D eigenvalue weighted by Gasteiger charge is 1.98. The topological polar surface area (TPSA) is 32.9 Å². The quantitative estimate of drug-likeness (QED) is 0.551. The van der Waals surface area contributed by atoms with Crippen LogP contribution in [0.5, 0.6) is 0 Å². The fourth-order valence-electron chi connectivity index (χ4n) is 0.429. The number of pyridine rings is 1.